The van der Waals surface area contributed by atoms with E-state index in [1.165, 1.54) is 4.90 Å². The van der Waals surface area contributed by atoms with Gasteiger partial charge in [-0.15, -0.1) is 0 Å². The maximum Gasteiger partial charge on any atom is 0.326 e. The molecule has 0 spiro atoms. The third-order valence-electron chi connectivity index (χ3n) is 3.25. The highest BCUT2D eigenvalue weighted by molar-refractivity contribution is 5.99. The van der Waals surface area contributed by atoms with Gasteiger partial charge in [0.05, 0.1) is 18.7 Å². The van der Waals surface area contributed by atoms with Crippen LogP contribution in [0.5, 0.6) is 5.75 Å². The number of amides is 2. The van der Waals surface area contributed by atoms with Crippen LogP contribution < -0.4 is 15.0 Å². The molecule has 2 amide bonds. The highest BCUT2D eigenvalue weighted by Gasteiger charge is 2.25. The summed E-state index contributed by atoms with van der Waals surface area (Å²) in [6.07, 6.45) is 0.984. The Labute approximate surface area is 134 Å². The number of hydrogen-bond acceptors (Lipinski definition) is 5. The van der Waals surface area contributed by atoms with Gasteiger partial charge < -0.3 is 14.8 Å². The Bertz CT molecular complexity index is 588. The molecule has 0 aromatic heterocycles. The molecule has 1 N–H and O–H groups in total. The number of carbonyl (C=O) groups is 3. The van der Waals surface area contributed by atoms with Crippen LogP contribution in [0, 0.1) is 0 Å². The summed E-state index contributed by atoms with van der Waals surface area (Å²) in [4.78, 5) is 36.8. The molecule has 0 fully saturated rings. The summed E-state index contributed by atoms with van der Waals surface area (Å²) < 4.78 is 10.4. The standard InChI is InChI=1S/C16H20N2O5/c1-2-8-17-14(19)11-23-16(21)10-18-12-5-3-4-6-13(12)22-9-7-15(18)20/h3-6H,2,7-11H2,1H3,(H,17,19). The van der Waals surface area contributed by atoms with Crippen LogP contribution in [0.4, 0.5) is 5.69 Å². The summed E-state index contributed by atoms with van der Waals surface area (Å²) in [7, 11) is 0. The van der Waals surface area contributed by atoms with E-state index in [0.717, 1.165) is 6.42 Å². The highest BCUT2D eigenvalue weighted by atomic mass is 16.5. The molecule has 0 saturated heterocycles. The van der Waals surface area contributed by atoms with E-state index in [1.807, 2.05) is 6.92 Å². The average Bonchev–Trinajstić information content (AvgIpc) is 2.71. The lowest BCUT2D eigenvalue weighted by Gasteiger charge is -2.20. The fourth-order valence-electron chi connectivity index (χ4n) is 2.13. The van der Waals surface area contributed by atoms with Crippen LogP contribution in [0.15, 0.2) is 24.3 Å². The molecular formula is C16H20N2O5. The van der Waals surface area contributed by atoms with E-state index in [9.17, 15) is 14.4 Å². The van der Waals surface area contributed by atoms with Crippen molar-refractivity contribution in [2.45, 2.75) is 19.8 Å². The molecule has 23 heavy (non-hydrogen) atoms. The van der Waals surface area contributed by atoms with Gasteiger partial charge in [-0.05, 0) is 18.6 Å². The van der Waals surface area contributed by atoms with Crippen LogP contribution in [-0.2, 0) is 19.1 Å². The molecule has 1 aliphatic heterocycles. The van der Waals surface area contributed by atoms with Crippen molar-refractivity contribution in [1.82, 2.24) is 5.32 Å². The second kappa shape index (κ2) is 8.17. The fourth-order valence-corrected chi connectivity index (χ4v) is 2.13. The first-order chi connectivity index (χ1) is 11.1. The smallest absolute Gasteiger partial charge is 0.326 e. The minimum absolute atomic E-state index is 0.180. The van der Waals surface area contributed by atoms with E-state index in [2.05, 4.69) is 5.32 Å². The van der Waals surface area contributed by atoms with E-state index in [-0.39, 0.29) is 38.0 Å². The summed E-state index contributed by atoms with van der Waals surface area (Å²) in [6.45, 7) is 2.13. The molecule has 2 rings (SSSR count). The van der Waals surface area contributed by atoms with Crippen molar-refractivity contribution in [2.75, 3.05) is 31.2 Å². The number of para-hydroxylation sites is 2. The van der Waals surface area contributed by atoms with Crippen molar-refractivity contribution >= 4 is 23.5 Å². The van der Waals surface area contributed by atoms with E-state index in [4.69, 9.17) is 9.47 Å². The zero-order valence-corrected chi connectivity index (χ0v) is 13.0. The second-order valence-corrected chi connectivity index (χ2v) is 5.06. The average molecular weight is 320 g/mol. The Hall–Kier alpha value is -2.57. The molecular weight excluding hydrogens is 300 g/mol. The Kier molecular flexibility index (Phi) is 5.96. The molecule has 0 saturated carbocycles. The Morgan fingerprint density at radius 2 is 2.13 bits per heavy atom. The molecule has 0 radical (unpaired) electrons. The van der Waals surface area contributed by atoms with Crippen LogP contribution in [0.3, 0.4) is 0 Å². The van der Waals surface area contributed by atoms with Crippen LogP contribution in [0.2, 0.25) is 0 Å². The number of benzene rings is 1. The number of nitrogens with one attached hydrogen (secondary N) is 1. The largest absolute Gasteiger partial charge is 0.491 e. The van der Waals surface area contributed by atoms with Crippen molar-refractivity contribution in [3.05, 3.63) is 24.3 Å². The topological polar surface area (TPSA) is 84.9 Å². The molecule has 0 aliphatic carbocycles. The number of nitrogens with zero attached hydrogens (tertiary/aromatic N) is 1. The minimum atomic E-state index is -0.637. The number of rotatable bonds is 6. The van der Waals surface area contributed by atoms with Gasteiger partial charge in [-0.1, -0.05) is 19.1 Å². The SMILES string of the molecule is CCCNC(=O)COC(=O)CN1C(=O)CCOc2ccccc21. The van der Waals surface area contributed by atoms with E-state index in [1.54, 1.807) is 24.3 Å². The monoisotopic (exact) mass is 320 g/mol. The van der Waals surface area contributed by atoms with Gasteiger partial charge in [0.15, 0.2) is 6.61 Å². The lowest BCUT2D eigenvalue weighted by Crippen LogP contribution is -2.37. The first-order valence-electron chi connectivity index (χ1n) is 7.56. The van der Waals surface area contributed by atoms with E-state index >= 15 is 0 Å². The summed E-state index contributed by atoms with van der Waals surface area (Å²) in [5.41, 5.74) is 0.530. The Morgan fingerprint density at radius 1 is 1.35 bits per heavy atom. The molecule has 0 bridgehead atoms. The van der Waals surface area contributed by atoms with E-state index in [0.29, 0.717) is 18.0 Å². The number of anilines is 1. The third kappa shape index (κ3) is 4.70. The van der Waals surface area contributed by atoms with Gasteiger partial charge in [0.25, 0.3) is 5.91 Å². The maximum absolute atomic E-state index is 12.2. The third-order valence-corrected chi connectivity index (χ3v) is 3.25. The molecule has 7 nitrogen and oxygen atoms in total. The van der Waals surface area contributed by atoms with Gasteiger partial charge in [0.1, 0.15) is 12.3 Å². The van der Waals surface area contributed by atoms with Gasteiger partial charge in [-0.25, -0.2) is 0 Å². The predicted octanol–water partition coefficient (Wildman–Crippen LogP) is 0.871. The molecule has 124 valence electrons. The molecule has 1 aromatic carbocycles. The van der Waals surface area contributed by atoms with Gasteiger partial charge in [0, 0.05) is 6.54 Å². The highest BCUT2D eigenvalue weighted by Crippen LogP contribution is 2.30. The number of esters is 1. The molecule has 1 aliphatic rings. The number of ether oxygens (including phenoxy) is 2. The van der Waals surface area contributed by atoms with Crippen molar-refractivity contribution in [2.24, 2.45) is 0 Å². The Balaban J connectivity index is 1.96. The summed E-state index contributed by atoms with van der Waals surface area (Å²) in [5, 5.41) is 2.61. The van der Waals surface area contributed by atoms with Crippen LogP contribution in [-0.4, -0.2) is 44.1 Å². The quantitative estimate of drug-likeness (QED) is 0.786. The summed E-state index contributed by atoms with van der Waals surface area (Å²) in [5.74, 6) is -0.665. The van der Waals surface area contributed by atoms with Crippen molar-refractivity contribution in [3.63, 3.8) is 0 Å². The normalized spacial score (nSPS) is 13.6. The lowest BCUT2D eigenvalue weighted by molar-refractivity contribution is -0.147. The number of carbonyl (C=O) groups excluding carboxylic acids is 3. The van der Waals surface area contributed by atoms with Gasteiger partial charge in [-0.3, -0.25) is 19.3 Å². The Morgan fingerprint density at radius 3 is 2.91 bits per heavy atom. The fraction of sp³-hybridized carbons (Fsp3) is 0.438. The first kappa shape index (κ1) is 16.8. The van der Waals surface area contributed by atoms with Crippen LogP contribution >= 0.6 is 0 Å². The molecule has 0 atom stereocenters. The maximum atomic E-state index is 12.2. The lowest BCUT2D eigenvalue weighted by atomic mass is 10.2. The number of hydrogen-bond donors (Lipinski definition) is 1. The molecule has 1 aromatic rings. The molecule has 0 unspecified atom stereocenters. The number of fused-ring (bicyclic) bond motifs is 1. The zero-order valence-electron chi connectivity index (χ0n) is 13.0. The van der Waals surface area contributed by atoms with Gasteiger partial charge >= 0.3 is 5.97 Å². The van der Waals surface area contributed by atoms with E-state index < -0.39 is 5.97 Å². The van der Waals surface area contributed by atoms with Crippen LogP contribution in [0.25, 0.3) is 0 Å². The van der Waals surface area contributed by atoms with Crippen molar-refractivity contribution in [3.8, 4) is 5.75 Å². The predicted molar refractivity (Wildman–Crippen MR) is 83.2 cm³/mol. The minimum Gasteiger partial charge on any atom is -0.491 e. The van der Waals surface area contributed by atoms with Crippen molar-refractivity contribution < 1.29 is 23.9 Å². The molecule has 1 heterocycles. The summed E-state index contributed by atoms with van der Waals surface area (Å²) >= 11 is 0. The van der Waals surface area contributed by atoms with Crippen molar-refractivity contribution in [1.29, 1.82) is 0 Å². The first-order valence-corrected chi connectivity index (χ1v) is 7.56. The van der Waals surface area contributed by atoms with Gasteiger partial charge in [-0.2, -0.15) is 0 Å². The zero-order chi connectivity index (χ0) is 16.7. The van der Waals surface area contributed by atoms with Gasteiger partial charge in [0.2, 0.25) is 5.91 Å². The van der Waals surface area contributed by atoms with Crippen LogP contribution in [0.1, 0.15) is 19.8 Å². The second-order valence-electron chi connectivity index (χ2n) is 5.06. The summed E-state index contributed by atoms with van der Waals surface area (Å²) in [6, 6.07) is 7.00. The molecule has 7 heteroatoms.